The van der Waals surface area contributed by atoms with Gasteiger partial charge in [-0.05, 0) is 63.6 Å². The highest BCUT2D eigenvalue weighted by atomic mass is 79.9. The maximum absolute atomic E-state index is 13.1. The molecule has 162 valence electrons. The number of nitrogens with zero attached hydrogens (tertiary/aromatic N) is 1. The summed E-state index contributed by atoms with van der Waals surface area (Å²) in [6, 6.07) is 9.81. The standard InChI is InChI=1S/C22H25BrCl2N2O3/c1-13(2)26-22(29)15(4)27(11-17-19(24)6-5-7-20(17)25)21(28)12-30-16-8-9-18(23)14(3)10-16/h5-10,13,15H,11-12H2,1-4H3,(H,26,29). The van der Waals surface area contributed by atoms with E-state index in [1.807, 2.05) is 32.9 Å². The Morgan fingerprint density at radius 1 is 1.13 bits per heavy atom. The Labute approximate surface area is 195 Å². The van der Waals surface area contributed by atoms with E-state index < -0.39 is 6.04 Å². The molecule has 0 aliphatic rings. The van der Waals surface area contributed by atoms with E-state index in [-0.39, 0.29) is 31.0 Å². The summed E-state index contributed by atoms with van der Waals surface area (Å²) in [6.45, 7) is 7.20. The lowest BCUT2D eigenvalue weighted by Crippen LogP contribution is -2.50. The third-order valence-electron chi connectivity index (χ3n) is 4.48. The highest BCUT2D eigenvalue weighted by Gasteiger charge is 2.28. The zero-order chi connectivity index (χ0) is 22.4. The summed E-state index contributed by atoms with van der Waals surface area (Å²) in [7, 11) is 0. The summed E-state index contributed by atoms with van der Waals surface area (Å²) in [6.07, 6.45) is 0. The van der Waals surface area contributed by atoms with Gasteiger partial charge in [0.2, 0.25) is 5.91 Å². The molecule has 0 saturated heterocycles. The first kappa shape index (κ1) is 24.5. The van der Waals surface area contributed by atoms with E-state index in [1.165, 1.54) is 4.90 Å². The molecule has 2 amide bonds. The number of hydrogen-bond acceptors (Lipinski definition) is 3. The summed E-state index contributed by atoms with van der Waals surface area (Å²) in [5.74, 6) is -0.0435. The zero-order valence-corrected chi connectivity index (χ0v) is 20.4. The van der Waals surface area contributed by atoms with Gasteiger partial charge < -0.3 is 15.0 Å². The maximum atomic E-state index is 13.1. The second-order valence-corrected chi connectivity index (χ2v) is 8.93. The van der Waals surface area contributed by atoms with Gasteiger partial charge in [-0.2, -0.15) is 0 Å². The summed E-state index contributed by atoms with van der Waals surface area (Å²) in [4.78, 5) is 27.1. The largest absolute Gasteiger partial charge is 0.484 e. The summed E-state index contributed by atoms with van der Waals surface area (Å²) < 4.78 is 6.64. The second kappa shape index (κ2) is 11.0. The van der Waals surface area contributed by atoms with Crippen molar-refractivity contribution >= 4 is 50.9 Å². The molecule has 1 N–H and O–H groups in total. The molecule has 0 spiro atoms. The molecule has 8 heteroatoms. The molecule has 0 aromatic heterocycles. The van der Waals surface area contributed by atoms with E-state index in [2.05, 4.69) is 21.2 Å². The van der Waals surface area contributed by atoms with Crippen LogP contribution in [0.15, 0.2) is 40.9 Å². The van der Waals surface area contributed by atoms with Crippen molar-refractivity contribution in [1.29, 1.82) is 0 Å². The van der Waals surface area contributed by atoms with E-state index in [0.717, 1.165) is 10.0 Å². The molecule has 5 nitrogen and oxygen atoms in total. The Bertz CT molecular complexity index is 901. The van der Waals surface area contributed by atoms with Crippen LogP contribution in [0.4, 0.5) is 0 Å². The smallest absolute Gasteiger partial charge is 0.261 e. The van der Waals surface area contributed by atoms with Crippen molar-refractivity contribution in [3.63, 3.8) is 0 Å². The third kappa shape index (κ3) is 6.62. The minimum Gasteiger partial charge on any atom is -0.484 e. The predicted molar refractivity (Wildman–Crippen MR) is 124 cm³/mol. The fraction of sp³-hybridized carbons (Fsp3) is 0.364. The lowest BCUT2D eigenvalue weighted by Gasteiger charge is -2.30. The summed E-state index contributed by atoms with van der Waals surface area (Å²) in [5, 5.41) is 3.70. The van der Waals surface area contributed by atoms with E-state index in [9.17, 15) is 9.59 Å². The molecule has 0 aliphatic heterocycles. The van der Waals surface area contributed by atoms with Gasteiger partial charge in [0.15, 0.2) is 6.61 Å². The summed E-state index contributed by atoms with van der Waals surface area (Å²) in [5.41, 5.74) is 1.57. The predicted octanol–water partition coefficient (Wildman–Crippen LogP) is 5.39. The first-order valence-corrected chi connectivity index (χ1v) is 11.1. The van der Waals surface area contributed by atoms with Crippen LogP contribution >= 0.6 is 39.1 Å². The van der Waals surface area contributed by atoms with Crippen LogP contribution in [0.2, 0.25) is 10.0 Å². The second-order valence-electron chi connectivity index (χ2n) is 7.26. The Morgan fingerprint density at radius 2 is 1.77 bits per heavy atom. The number of hydrogen-bond donors (Lipinski definition) is 1. The zero-order valence-electron chi connectivity index (χ0n) is 17.3. The van der Waals surface area contributed by atoms with E-state index in [0.29, 0.717) is 21.4 Å². The Balaban J connectivity index is 2.23. The van der Waals surface area contributed by atoms with Crippen molar-refractivity contribution in [2.75, 3.05) is 6.61 Å². The fourth-order valence-corrected chi connectivity index (χ4v) is 3.54. The number of nitrogens with one attached hydrogen (secondary N) is 1. The third-order valence-corrected chi connectivity index (χ3v) is 6.08. The van der Waals surface area contributed by atoms with E-state index in [4.69, 9.17) is 27.9 Å². The van der Waals surface area contributed by atoms with Gasteiger partial charge >= 0.3 is 0 Å². The number of halogens is 3. The quantitative estimate of drug-likeness (QED) is 0.513. The van der Waals surface area contributed by atoms with Crippen LogP contribution in [-0.2, 0) is 16.1 Å². The lowest BCUT2D eigenvalue weighted by molar-refractivity contribution is -0.142. The monoisotopic (exact) mass is 514 g/mol. The molecular formula is C22H25BrCl2N2O3. The molecule has 0 bridgehead atoms. The van der Waals surface area contributed by atoms with Crippen molar-refractivity contribution < 1.29 is 14.3 Å². The van der Waals surface area contributed by atoms with E-state index >= 15 is 0 Å². The number of amides is 2. The van der Waals surface area contributed by atoms with Gasteiger partial charge in [0.1, 0.15) is 11.8 Å². The molecule has 2 aromatic carbocycles. The molecule has 0 saturated carbocycles. The van der Waals surface area contributed by atoms with Crippen LogP contribution in [0, 0.1) is 6.92 Å². The number of benzene rings is 2. The first-order valence-electron chi connectivity index (χ1n) is 9.51. The van der Waals surface area contributed by atoms with Crippen LogP contribution in [0.1, 0.15) is 31.9 Å². The molecular weight excluding hydrogens is 491 g/mol. The average Bonchev–Trinajstić information content (AvgIpc) is 2.67. The van der Waals surface area contributed by atoms with Crippen molar-refractivity contribution in [3.05, 3.63) is 62.0 Å². The molecule has 1 atom stereocenters. The van der Waals surface area contributed by atoms with Crippen LogP contribution in [0.25, 0.3) is 0 Å². The van der Waals surface area contributed by atoms with Crippen molar-refractivity contribution in [3.8, 4) is 5.75 Å². The average molecular weight is 516 g/mol. The van der Waals surface area contributed by atoms with Gasteiger partial charge in [-0.25, -0.2) is 0 Å². The molecule has 30 heavy (non-hydrogen) atoms. The SMILES string of the molecule is Cc1cc(OCC(=O)N(Cc2c(Cl)cccc2Cl)C(C)C(=O)NC(C)C)ccc1Br. The number of ether oxygens (including phenoxy) is 1. The van der Waals surface area contributed by atoms with Crippen molar-refractivity contribution in [2.45, 2.75) is 46.3 Å². The molecule has 2 aromatic rings. The van der Waals surface area contributed by atoms with Crippen molar-refractivity contribution in [2.24, 2.45) is 0 Å². The molecule has 0 heterocycles. The molecule has 0 aliphatic carbocycles. The summed E-state index contributed by atoms with van der Waals surface area (Å²) >= 11 is 16.0. The minimum atomic E-state index is -0.734. The number of rotatable bonds is 8. The normalized spacial score (nSPS) is 11.9. The Hall–Kier alpha value is -1.76. The van der Waals surface area contributed by atoms with Crippen LogP contribution in [0.5, 0.6) is 5.75 Å². The van der Waals surface area contributed by atoms with Gasteiger partial charge in [-0.15, -0.1) is 0 Å². The number of carbonyl (C=O) groups excluding carboxylic acids is 2. The number of carbonyl (C=O) groups is 2. The maximum Gasteiger partial charge on any atom is 0.261 e. The highest BCUT2D eigenvalue weighted by molar-refractivity contribution is 9.10. The van der Waals surface area contributed by atoms with E-state index in [1.54, 1.807) is 31.2 Å². The lowest BCUT2D eigenvalue weighted by atomic mass is 10.1. The van der Waals surface area contributed by atoms with Gasteiger partial charge in [0.25, 0.3) is 5.91 Å². The van der Waals surface area contributed by atoms with Crippen LogP contribution in [-0.4, -0.2) is 35.4 Å². The van der Waals surface area contributed by atoms with Crippen LogP contribution < -0.4 is 10.1 Å². The highest BCUT2D eigenvalue weighted by Crippen LogP contribution is 2.27. The van der Waals surface area contributed by atoms with Crippen LogP contribution in [0.3, 0.4) is 0 Å². The van der Waals surface area contributed by atoms with Gasteiger partial charge in [0, 0.05) is 32.7 Å². The van der Waals surface area contributed by atoms with Gasteiger partial charge in [-0.3, -0.25) is 9.59 Å². The number of aryl methyl sites for hydroxylation is 1. The van der Waals surface area contributed by atoms with Gasteiger partial charge in [-0.1, -0.05) is 45.2 Å². The first-order chi connectivity index (χ1) is 14.1. The molecule has 2 rings (SSSR count). The molecule has 0 radical (unpaired) electrons. The Kier molecular flexibility index (Phi) is 9.01. The minimum absolute atomic E-state index is 0.0530. The fourth-order valence-electron chi connectivity index (χ4n) is 2.78. The van der Waals surface area contributed by atoms with Crippen molar-refractivity contribution in [1.82, 2.24) is 10.2 Å². The molecule has 0 fully saturated rings. The van der Waals surface area contributed by atoms with Gasteiger partial charge in [0.05, 0.1) is 0 Å². The molecule has 1 unspecified atom stereocenters. The Morgan fingerprint density at radius 3 is 2.33 bits per heavy atom. The topological polar surface area (TPSA) is 58.6 Å².